The van der Waals surface area contributed by atoms with E-state index in [0.717, 1.165) is 36.8 Å². The fourth-order valence-electron chi connectivity index (χ4n) is 4.37. The van der Waals surface area contributed by atoms with Gasteiger partial charge in [0, 0.05) is 12.7 Å². The zero-order valence-corrected chi connectivity index (χ0v) is 17.6. The number of hydrogen-bond donors (Lipinski definition) is 3. The first kappa shape index (κ1) is 22.2. The summed E-state index contributed by atoms with van der Waals surface area (Å²) in [5.74, 6) is -0.250. The van der Waals surface area contributed by atoms with Gasteiger partial charge in [0.25, 0.3) is 0 Å². The van der Waals surface area contributed by atoms with E-state index in [-0.39, 0.29) is 18.4 Å². The van der Waals surface area contributed by atoms with Crippen LogP contribution >= 0.6 is 0 Å². The molecule has 9 heteroatoms. The zero-order valence-electron chi connectivity index (χ0n) is 17.6. The van der Waals surface area contributed by atoms with Gasteiger partial charge in [-0.3, -0.25) is 24.6 Å². The van der Waals surface area contributed by atoms with Crippen LogP contribution in [0, 0.1) is 25.7 Å². The van der Waals surface area contributed by atoms with Crippen molar-refractivity contribution in [1.29, 1.82) is 0 Å². The molecule has 0 radical (unpaired) electrons. The molecule has 1 aliphatic heterocycles. The molecular weight excluding hydrogens is 386 g/mol. The molecule has 3 N–H and O–H groups in total. The average Bonchev–Trinajstić information content (AvgIpc) is 3.42. The molecular formula is C21H31N5O4. The number of hydrogen-bond acceptors (Lipinski definition) is 6. The van der Waals surface area contributed by atoms with E-state index in [1.807, 2.05) is 19.9 Å². The molecule has 30 heavy (non-hydrogen) atoms. The van der Waals surface area contributed by atoms with Crippen LogP contribution in [0.4, 0.5) is 5.82 Å². The van der Waals surface area contributed by atoms with Crippen LogP contribution in [-0.2, 0) is 14.4 Å². The third kappa shape index (κ3) is 5.14. The lowest BCUT2D eigenvalue weighted by Gasteiger charge is -2.30. The molecule has 1 aromatic heterocycles. The summed E-state index contributed by atoms with van der Waals surface area (Å²) in [6.07, 6.45) is 7.39. The Kier molecular flexibility index (Phi) is 7.38. The molecule has 3 rings (SSSR count). The van der Waals surface area contributed by atoms with Crippen LogP contribution < -0.4 is 10.7 Å². The molecule has 2 unspecified atom stereocenters. The second kappa shape index (κ2) is 9.99. The molecule has 164 valence electrons. The largest absolute Gasteiger partial charge is 0.309 e. The minimum atomic E-state index is -0.673. The van der Waals surface area contributed by atoms with E-state index in [9.17, 15) is 19.6 Å². The van der Waals surface area contributed by atoms with E-state index >= 15 is 0 Å². The highest BCUT2D eigenvalue weighted by molar-refractivity contribution is 5.97. The Balaban J connectivity index is 1.72. The Bertz CT molecular complexity index is 781. The number of pyridine rings is 1. The number of hydroxylamine groups is 2. The van der Waals surface area contributed by atoms with Gasteiger partial charge in [0.2, 0.25) is 18.2 Å². The Labute approximate surface area is 176 Å². The molecule has 3 amide bonds. The van der Waals surface area contributed by atoms with Gasteiger partial charge in [0.1, 0.15) is 11.9 Å². The van der Waals surface area contributed by atoms with Crippen molar-refractivity contribution in [2.75, 3.05) is 18.4 Å². The third-order valence-corrected chi connectivity index (χ3v) is 6.24. The van der Waals surface area contributed by atoms with E-state index in [0.29, 0.717) is 42.6 Å². The van der Waals surface area contributed by atoms with Crippen LogP contribution in [0.3, 0.4) is 0 Å². The van der Waals surface area contributed by atoms with Crippen LogP contribution in [-0.4, -0.2) is 57.6 Å². The molecule has 2 fully saturated rings. The number of nitrogens with zero attached hydrogens (tertiary/aromatic N) is 3. The van der Waals surface area contributed by atoms with Crippen LogP contribution in [0.1, 0.15) is 49.7 Å². The van der Waals surface area contributed by atoms with E-state index < -0.39 is 12.0 Å². The van der Waals surface area contributed by atoms with Crippen molar-refractivity contribution in [2.24, 2.45) is 11.8 Å². The fraction of sp³-hybridized carbons (Fsp3) is 0.619. The number of carbonyl (C=O) groups excluding carboxylic acids is 3. The van der Waals surface area contributed by atoms with Crippen LogP contribution in [0.25, 0.3) is 0 Å². The van der Waals surface area contributed by atoms with Crippen LogP contribution in [0.5, 0.6) is 0 Å². The predicted molar refractivity (Wildman–Crippen MR) is 110 cm³/mol. The summed E-state index contributed by atoms with van der Waals surface area (Å²) in [4.78, 5) is 41.4. The summed E-state index contributed by atoms with van der Waals surface area (Å²) < 4.78 is 0. The molecule has 1 aliphatic carbocycles. The summed E-state index contributed by atoms with van der Waals surface area (Å²) >= 11 is 0. The highest BCUT2D eigenvalue weighted by atomic mass is 16.5. The summed E-state index contributed by atoms with van der Waals surface area (Å²) in [6, 6.07) is 1.20. The minimum Gasteiger partial charge on any atom is -0.309 e. The standard InChI is InChI=1S/C21H31N5O4/c1-14-7-9-22-19(15(14)2)24-20(28)18-8-10-23-26(18)21(29)17(12-25(30)13-27)11-16-5-3-4-6-16/h7,9,13,16-18,23,30H,3-6,8,10-12H2,1-2H3,(H,22,24,28). The second-order valence-electron chi connectivity index (χ2n) is 8.32. The molecule has 1 saturated heterocycles. The Morgan fingerprint density at radius 3 is 2.80 bits per heavy atom. The van der Waals surface area contributed by atoms with Gasteiger partial charge in [-0.1, -0.05) is 25.7 Å². The summed E-state index contributed by atoms with van der Waals surface area (Å²) in [6.45, 7) is 4.25. The zero-order chi connectivity index (χ0) is 21.7. The molecule has 0 spiro atoms. The molecule has 1 aromatic rings. The average molecular weight is 418 g/mol. The SMILES string of the molecule is Cc1ccnc(NC(=O)C2CCNN2C(=O)C(CC2CCCC2)CN(O)C=O)c1C. The first-order valence-electron chi connectivity index (χ1n) is 10.6. The summed E-state index contributed by atoms with van der Waals surface area (Å²) in [5.41, 5.74) is 4.91. The number of nitrogens with one attached hydrogen (secondary N) is 2. The van der Waals surface area contributed by atoms with Crippen LogP contribution in [0.15, 0.2) is 12.3 Å². The summed E-state index contributed by atoms with van der Waals surface area (Å²) in [7, 11) is 0. The molecule has 0 bridgehead atoms. The van der Waals surface area contributed by atoms with E-state index in [1.54, 1.807) is 6.20 Å². The molecule has 0 aromatic carbocycles. The lowest BCUT2D eigenvalue weighted by atomic mass is 9.92. The first-order valence-corrected chi connectivity index (χ1v) is 10.6. The van der Waals surface area contributed by atoms with Crippen molar-refractivity contribution in [2.45, 2.75) is 58.4 Å². The number of aryl methyl sites for hydroxylation is 1. The number of carbonyl (C=O) groups is 3. The topological polar surface area (TPSA) is 115 Å². The molecule has 2 aliphatic rings. The van der Waals surface area contributed by atoms with Crippen molar-refractivity contribution >= 4 is 24.0 Å². The molecule has 2 atom stereocenters. The lowest BCUT2D eigenvalue weighted by molar-refractivity contribution is -0.159. The van der Waals surface area contributed by atoms with E-state index in [1.165, 1.54) is 5.01 Å². The van der Waals surface area contributed by atoms with Gasteiger partial charge in [-0.2, -0.15) is 0 Å². The Morgan fingerprint density at radius 2 is 2.10 bits per heavy atom. The number of anilines is 1. The van der Waals surface area contributed by atoms with Gasteiger partial charge < -0.3 is 5.32 Å². The van der Waals surface area contributed by atoms with Gasteiger partial charge in [-0.15, -0.1) is 0 Å². The monoisotopic (exact) mass is 417 g/mol. The van der Waals surface area contributed by atoms with Crippen molar-refractivity contribution in [3.8, 4) is 0 Å². The Morgan fingerprint density at radius 1 is 1.37 bits per heavy atom. The van der Waals surface area contributed by atoms with Gasteiger partial charge in [0.15, 0.2) is 0 Å². The van der Waals surface area contributed by atoms with Crippen molar-refractivity contribution < 1.29 is 19.6 Å². The first-order chi connectivity index (χ1) is 14.4. The minimum absolute atomic E-state index is 0.0795. The maximum absolute atomic E-state index is 13.3. The number of amides is 3. The lowest BCUT2D eigenvalue weighted by Crippen LogP contribution is -2.51. The third-order valence-electron chi connectivity index (χ3n) is 6.24. The van der Waals surface area contributed by atoms with Crippen molar-refractivity contribution in [3.63, 3.8) is 0 Å². The highest BCUT2D eigenvalue weighted by Gasteiger charge is 2.39. The molecule has 1 saturated carbocycles. The highest BCUT2D eigenvalue weighted by Crippen LogP contribution is 2.31. The van der Waals surface area contributed by atoms with Crippen LogP contribution in [0.2, 0.25) is 0 Å². The fourth-order valence-corrected chi connectivity index (χ4v) is 4.37. The summed E-state index contributed by atoms with van der Waals surface area (Å²) in [5, 5.41) is 14.4. The van der Waals surface area contributed by atoms with Crippen molar-refractivity contribution in [3.05, 3.63) is 23.4 Å². The molecule has 2 heterocycles. The van der Waals surface area contributed by atoms with E-state index in [2.05, 4.69) is 15.7 Å². The number of rotatable bonds is 8. The van der Waals surface area contributed by atoms with Gasteiger partial charge in [-0.05, 0) is 49.8 Å². The van der Waals surface area contributed by atoms with Crippen molar-refractivity contribution in [1.82, 2.24) is 20.5 Å². The second-order valence-corrected chi connectivity index (χ2v) is 8.32. The molecule has 9 nitrogen and oxygen atoms in total. The maximum atomic E-state index is 13.3. The normalized spacial score (nSPS) is 20.2. The predicted octanol–water partition coefficient (Wildman–Crippen LogP) is 1.79. The Hall–Kier alpha value is -2.52. The number of aromatic nitrogens is 1. The van der Waals surface area contributed by atoms with Gasteiger partial charge in [-0.25, -0.2) is 15.5 Å². The number of hydrazine groups is 1. The quantitative estimate of drug-likeness (QED) is 0.337. The van der Waals surface area contributed by atoms with E-state index in [4.69, 9.17) is 0 Å². The smallest absolute Gasteiger partial charge is 0.250 e. The van der Waals surface area contributed by atoms with Gasteiger partial charge in [0.05, 0.1) is 12.5 Å². The van der Waals surface area contributed by atoms with Gasteiger partial charge >= 0.3 is 0 Å². The maximum Gasteiger partial charge on any atom is 0.250 e.